The molecule has 1 heterocycles. The fourth-order valence-electron chi connectivity index (χ4n) is 2.50. The van der Waals surface area contributed by atoms with Gasteiger partial charge in [-0.3, -0.25) is 0 Å². The smallest absolute Gasteiger partial charge is 0.138 e. The first kappa shape index (κ1) is 8.12. The molecule has 1 aliphatic carbocycles. The number of aromatic hydroxyl groups is 1. The van der Waals surface area contributed by atoms with E-state index in [2.05, 4.69) is 4.90 Å². The van der Waals surface area contributed by atoms with E-state index in [4.69, 9.17) is 5.73 Å². The molecule has 1 saturated heterocycles. The Balaban J connectivity index is 1.82. The van der Waals surface area contributed by atoms with Crippen molar-refractivity contribution in [3.8, 4) is 5.75 Å². The van der Waals surface area contributed by atoms with Gasteiger partial charge in [0.15, 0.2) is 0 Å². The van der Waals surface area contributed by atoms with E-state index in [-0.39, 0.29) is 0 Å². The summed E-state index contributed by atoms with van der Waals surface area (Å²) in [7, 11) is 0. The van der Waals surface area contributed by atoms with Crippen molar-refractivity contribution in [2.45, 2.75) is 6.04 Å². The van der Waals surface area contributed by atoms with Crippen LogP contribution in [-0.2, 0) is 0 Å². The van der Waals surface area contributed by atoms with Crippen molar-refractivity contribution >= 4 is 5.69 Å². The number of hydrogen-bond donors (Lipinski definition) is 2. The molecule has 2 aliphatic rings. The van der Waals surface area contributed by atoms with Crippen LogP contribution in [0.4, 0.5) is 5.69 Å². The predicted molar refractivity (Wildman–Crippen MR) is 55.3 cm³/mol. The molecular formula is C11H14N2O. The summed E-state index contributed by atoms with van der Waals surface area (Å²) >= 11 is 0. The lowest BCUT2D eigenvalue weighted by molar-refractivity contribution is 0.474. The highest BCUT2D eigenvalue weighted by Crippen LogP contribution is 2.46. The number of para-hydroxylation sites is 2. The monoisotopic (exact) mass is 190 g/mol. The Morgan fingerprint density at radius 1 is 1.21 bits per heavy atom. The molecule has 3 nitrogen and oxygen atoms in total. The van der Waals surface area contributed by atoms with Crippen LogP contribution in [0, 0.1) is 11.8 Å². The number of rotatable bonds is 1. The van der Waals surface area contributed by atoms with Gasteiger partial charge in [-0.05, 0) is 24.0 Å². The topological polar surface area (TPSA) is 49.5 Å². The number of nitrogens with two attached hydrogens (primary N) is 1. The molecule has 1 saturated carbocycles. The van der Waals surface area contributed by atoms with E-state index in [0.717, 1.165) is 18.8 Å². The van der Waals surface area contributed by atoms with Gasteiger partial charge in [-0.15, -0.1) is 0 Å². The number of piperidine rings is 1. The van der Waals surface area contributed by atoms with Crippen molar-refractivity contribution in [3.63, 3.8) is 0 Å². The summed E-state index contributed by atoms with van der Waals surface area (Å²) in [5.41, 5.74) is 6.81. The molecule has 2 atom stereocenters. The van der Waals surface area contributed by atoms with E-state index in [0.29, 0.717) is 23.6 Å². The SMILES string of the molecule is NC1C2CN(c3ccccc3O)CC12. The molecule has 1 aromatic carbocycles. The van der Waals surface area contributed by atoms with Crippen LogP contribution < -0.4 is 10.6 Å². The zero-order valence-corrected chi connectivity index (χ0v) is 7.93. The van der Waals surface area contributed by atoms with Crippen LogP contribution in [-0.4, -0.2) is 24.2 Å². The number of phenolic OH excluding ortho intramolecular Hbond substituents is 1. The normalized spacial score (nSPS) is 34.4. The highest BCUT2D eigenvalue weighted by atomic mass is 16.3. The zero-order chi connectivity index (χ0) is 9.71. The van der Waals surface area contributed by atoms with E-state index in [9.17, 15) is 5.11 Å². The third kappa shape index (κ3) is 1.02. The van der Waals surface area contributed by atoms with Crippen molar-refractivity contribution < 1.29 is 5.11 Å². The number of anilines is 1. The fraction of sp³-hybridized carbons (Fsp3) is 0.455. The number of phenols is 1. The Bertz CT molecular complexity index is 354. The maximum Gasteiger partial charge on any atom is 0.138 e. The quantitative estimate of drug-likeness (QED) is 0.688. The Morgan fingerprint density at radius 3 is 2.50 bits per heavy atom. The maximum atomic E-state index is 9.67. The molecule has 0 amide bonds. The van der Waals surface area contributed by atoms with Crippen LogP contribution in [0.1, 0.15) is 0 Å². The van der Waals surface area contributed by atoms with Crippen molar-refractivity contribution in [2.75, 3.05) is 18.0 Å². The van der Waals surface area contributed by atoms with Crippen LogP contribution in [0.25, 0.3) is 0 Å². The van der Waals surface area contributed by atoms with Crippen molar-refractivity contribution in [1.29, 1.82) is 0 Å². The lowest BCUT2D eigenvalue weighted by atomic mass is 10.2. The molecule has 1 aromatic rings. The van der Waals surface area contributed by atoms with Gasteiger partial charge in [0.1, 0.15) is 5.75 Å². The molecule has 2 fully saturated rings. The minimum absolute atomic E-state index is 0.377. The molecule has 14 heavy (non-hydrogen) atoms. The minimum Gasteiger partial charge on any atom is -0.506 e. The van der Waals surface area contributed by atoms with Crippen molar-refractivity contribution in [1.82, 2.24) is 0 Å². The first-order valence-corrected chi connectivity index (χ1v) is 5.06. The Kier molecular flexibility index (Phi) is 1.53. The molecular weight excluding hydrogens is 176 g/mol. The number of fused-ring (bicyclic) bond motifs is 1. The molecule has 3 N–H and O–H groups in total. The lowest BCUT2D eigenvalue weighted by Gasteiger charge is -2.21. The number of hydrogen-bond acceptors (Lipinski definition) is 3. The third-order valence-electron chi connectivity index (χ3n) is 3.48. The Hall–Kier alpha value is -1.22. The molecule has 0 radical (unpaired) electrons. The molecule has 0 aromatic heterocycles. The lowest BCUT2D eigenvalue weighted by Crippen LogP contribution is -2.27. The number of nitrogens with zero attached hydrogens (tertiary/aromatic N) is 1. The first-order chi connectivity index (χ1) is 6.77. The van der Waals surface area contributed by atoms with Gasteiger partial charge in [0.2, 0.25) is 0 Å². The second-order valence-electron chi connectivity index (χ2n) is 4.30. The van der Waals surface area contributed by atoms with E-state index in [1.54, 1.807) is 6.07 Å². The average molecular weight is 190 g/mol. The summed E-state index contributed by atoms with van der Waals surface area (Å²) in [5, 5.41) is 9.67. The summed E-state index contributed by atoms with van der Waals surface area (Å²) in [6.07, 6.45) is 0. The molecule has 3 heteroatoms. The second kappa shape index (κ2) is 2.64. The van der Waals surface area contributed by atoms with Gasteiger partial charge in [0.05, 0.1) is 5.69 Å². The Morgan fingerprint density at radius 2 is 1.86 bits per heavy atom. The van der Waals surface area contributed by atoms with Crippen LogP contribution in [0.3, 0.4) is 0 Å². The van der Waals surface area contributed by atoms with Gasteiger partial charge in [0, 0.05) is 19.1 Å². The minimum atomic E-state index is 0.377. The summed E-state index contributed by atoms with van der Waals surface area (Å²) in [6.45, 7) is 2.01. The second-order valence-corrected chi connectivity index (χ2v) is 4.30. The summed E-state index contributed by atoms with van der Waals surface area (Å²) in [5.74, 6) is 1.70. The van der Waals surface area contributed by atoms with E-state index in [1.807, 2.05) is 18.2 Å². The van der Waals surface area contributed by atoms with E-state index < -0.39 is 0 Å². The van der Waals surface area contributed by atoms with Crippen molar-refractivity contribution in [2.24, 2.45) is 17.6 Å². The number of benzene rings is 1. The first-order valence-electron chi connectivity index (χ1n) is 5.06. The summed E-state index contributed by atoms with van der Waals surface area (Å²) < 4.78 is 0. The maximum absolute atomic E-state index is 9.67. The highest BCUT2D eigenvalue weighted by molar-refractivity contribution is 5.59. The van der Waals surface area contributed by atoms with E-state index in [1.165, 1.54) is 0 Å². The van der Waals surface area contributed by atoms with Crippen LogP contribution in [0.2, 0.25) is 0 Å². The van der Waals surface area contributed by atoms with Crippen LogP contribution >= 0.6 is 0 Å². The van der Waals surface area contributed by atoms with Gasteiger partial charge in [-0.25, -0.2) is 0 Å². The standard InChI is InChI=1S/C11H14N2O/c12-11-7-5-13(6-8(7)11)9-3-1-2-4-10(9)14/h1-4,7-8,11,14H,5-6,12H2. The molecule has 1 aliphatic heterocycles. The Labute approximate surface area is 83.1 Å². The molecule has 2 unspecified atom stereocenters. The molecule has 3 rings (SSSR count). The van der Waals surface area contributed by atoms with Crippen LogP contribution in [0.5, 0.6) is 5.75 Å². The zero-order valence-electron chi connectivity index (χ0n) is 7.93. The van der Waals surface area contributed by atoms with Gasteiger partial charge in [0.25, 0.3) is 0 Å². The predicted octanol–water partition coefficient (Wildman–Crippen LogP) is 0.785. The largest absolute Gasteiger partial charge is 0.506 e. The highest BCUT2D eigenvalue weighted by Gasteiger charge is 2.53. The van der Waals surface area contributed by atoms with Crippen LogP contribution in [0.15, 0.2) is 24.3 Å². The summed E-state index contributed by atoms with van der Waals surface area (Å²) in [6, 6.07) is 7.92. The summed E-state index contributed by atoms with van der Waals surface area (Å²) in [4.78, 5) is 2.23. The fourth-order valence-corrected chi connectivity index (χ4v) is 2.50. The third-order valence-corrected chi connectivity index (χ3v) is 3.48. The van der Waals surface area contributed by atoms with Gasteiger partial charge >= 0.3 is 0 Å². The van der Waals surface area contributed by atoms with Gasteiger partial charge in [-0.2, -0.15) is 0 Å². The van der Waals surface area contributed by atoms with Gasteiger partial charge in [-0.1, -0.05) is 12.1 Å². The van der Waals surface area contributed by atoms with E-state index >= 15 is 0 Å². The van der Waals surface area contributed by atoms with Gasteiger partial charge < -0.3 is 15.7 Å². The molecule has 0 bridgehead atoms. The van der Waals surface area contributed by atoms with Crippen molar-refractivity contribution in [3.05, 3.63) is 24.3 Å². The average Bonchev–Trinajstić information content (AvgIpc) is 2.66. The molecule has 0 spiro atoms. The molecule has 74 valence electrons.